The third-order valence-corrected chi connectivity index (χ3v) is 5.71. The Morgan fingerprint density at radius 3 is 2.64 bits per heavy atom. The predicted octanol–water partition coefficient (Wildman–Crippen LogP) is 6.65. The molecule has 0 aliphatic heterocycles. The van der Waals surface area contributed by atoms with Crippen molar-refractivity contribution in [1.82, 2.24) is 9.97 Å². The number of Topliss-reactive ketones (excluding diaryl/α,β-unsaturated/α-hetero) is 1. The number of hydrogen-bond donors (Lipinski definition) is 1. The van der Waals surface area contributed by atoms with E-state index in [1.165, 1.54) is 10.9 Å². The van der Waals surface area contributed by atoms with Gasteiger partial charge in [0.25, 0.3) is 0 Å². The summed E-state index contributed by atoms with van der Waals surface area (Å²) in [6.07, 6.45) is 8.57. The third kappa shape index (κ3) is 3.70. The Balaban J connectivity index is 1.38. The van der Waals surface area contributed by atoms with E-state index in [2.05, 4.69) is 41.2 Å². The lowest BCUT2D eigenvalue weighted by Gasteiger charge is -2.17. The van der Waals surface area contributed by atoms with Gasteiger partial charge in [-0.15, -0.1) is 0 Å². The average molecular weight is 370 g/mol. The van der Waals surface area contributed by atoms with Gasteiger partial charge in [0, 0.05) is 40.7 Å². The summed E-state index contributed by atoms with van der Waals surface area (Å²) in [5, 5.41) is 2.29. The number of para-hydroxylation sites is 2. The van der Waals surface area contributed by atoms with Crippen LogP contribution in [0.15, 0.2) is 67.0 Å². The van der Waals surface area contributed by atoms with Gasteiger partial charge in [-0.05, 0) is 48.9 Å². The zero-order valence-electron chi connectivity index (χ0n) is 16.3. The smallest absolute Gasteiger partial charge is 0.165 e. The van der Waals surface area contributed by atoms with Crippen LogP contribution >= 0.6 is 0 Å². The lowest BCUT2D eigenvalue weighted by atomic mass is 9.88. The highest BCUT2D eigenvalue weighted by Gasteiger charge is 2.15. The normalized spacial score (nSPS) is 12.5. The summed E-state index contributed by atoms with van der Waals surface area (Å²) in [6.45, 7) is 2.25. The zero-order chi connectivity index (χ0) is 19.3. The predicted molar refractivity (Wildman–Crippen MR) is 116 cm³/mol. The summed E-state index contributed by atoms with van der Waals surface area (Å²) in [5.41, 5.74) is 4.30. The second-order valence-corrected chi connectivity index (χ2v) is 7.44. The minimum absolute atomic E-state index is 0.236. The van der Waals surface area contributed by atoms with Gasteiger partial charge in [-0.1, -0.05) is 49.7 Å². The fraction of sp³-hybridized carbons (Fsp3) is 0.280. The van der Waals surface area contributed by atoms with Crippen molar-refractivity contribution in [2.24, 2.45) is 0 Å². The van der Waals surface area contributed by atoms with Crippen LogP contribution in [0.2, 0.25) is 0 Å². The van der Waals surface area contributed by atoms with E-state index >= 15 is 0 Å². The number of carbonyl (C=O) groups excluding carboxylic acids is 1. The number of aromatic nitrogens is 2. The molecule has 0 bridgehead atoms. The van der Waals surface area contributed by atoms with Crippen molar-refractivity contribution >= 4 is 27.6 Å². The van der Waals surface area contributed by atoms with E-state index in [1.54, 1.807) is 0 Å². The molecule has 4 rings (SSSR count). The Morgan fingerprint density at radius 2 is 1.79 bits per heavy atom. The largest absolute Gasteiger partial charge is 0.360 e. The molecular formula is C25H26N2O. The van der Waals surface area contributed by atoms with Crippen LogP contribution in [0.5, 0.6) is 0 Å². The highest BCUT2D eigenvalue weighted by Crippen LogP contribution is 2.31. The number of carbonyl (C=O) groups is 1. The van der Waals surface area contributed by atoms with Crippen molar-refractivity contribution in [3.8, 4) is 0 Å². The van der Waals surface area contributed by atoms with Crippen molar-refractivity contribution < 1.29 is 4.79 Å². The van der Waals surface area contributed by atoms with Crippen molar-refractivity contribution in [2.75, 3.05) is 0 Å². The summed E-state index contributed by atoms with van der Waals surface area (Å²) in [5.74, 6) is 0.746. The molecule has 28 heavy (non-hydrogen) atoms. The van der Waals surface area contributed by atoms with Crippen molar-refractivity contribution in [2.45, 2.75) is 44.9 Å². The maximum atomic E-state index is 12.7. The van der Waals surface area contributed by atoms with Crippen LogP contribution < -0.4 is 0 Å². The van der Waals surface area contributed by atoms with E-state index in [0.29, 0.717) is 12.3 Å². The van der Waals surface area contributed by atoms with Crippen LogP contribution in [0, 0.1) is 0 Å². The first-order valence-electron chi connectivity index (χ1n) is 10.2. The number of benzene rings is 2. The van der Waals surface area contributed by atoms with Gasteiger partial charge in [0.15, 0.2) is 5.78 Å². The van der Waals surface area contributed by atoms with Gasteiger partial charge in [0.05, 0.1) is 5.52 Å². The first-order valence-corrected chi connectivity index (χ1v) is 10.2. The van der Waals surface area contributed by atoms with Crippen molar-refractivity contribution in [3.63, 3.8) is 0 Å². The molecule has 2 heterocycles. The molecule has 1 unspecified atom stereocenters. The molecule has 142 valence electrons. The van der Waals surface area contributed by atoms with Crippen LogP contribution in [0.4, 0.5) is 0 Å². The van der Waals surface area contributed by atoms with Gasteiger partial charge in [-0.3, -0.25) is 9.78 Å². The van der Waals surface area contributed by atoms with Gasteiger partial charge >= 0.3 is 0 Å². The highest BCUT2D eigenvalue weighted by molar-refractivity contribution is 6.07. The van der Waals surface area contributed by atoms with Crippen LogP contribution in [0.25, 0.3) is 21.8 Å². The second-order valence-electron chi connectivity index (χ2n) is 7.44. The minimum atomic E-state index is 0.236. The molecule has 1 atom stereocenters. The molecule has 0 saturated heterocycles. The molecule has 0 saturated carbocycles. The number of nitrogens with zero attached hydrogens (tertiary/aromatic N) is 1. The molecule has 0 aliphatic carbocycles. The molecule has 4 aromatic rings. The molecule has 3 nitrogen and oxygen atoms in total. The molecule has 0 aliphatic rings. The Kier molecular flexibility index (Phi) is 5.52. The van der Waals surface area contributed by atoms with Crippen LogP contribution in [0.3, 0.4) is 0 Å². The highest BCUT2D eigenvalue weighted by atomic mass is 16.1. The average Bonchev–Trinajstić information content (AvgIpc) is 3.18. The molecular weight excluding hydrogens is 344 g/mol. The standard InChI is InChI=1S/C25H26N2O/c1-2-18(19-15-16-26-23-12-6-4-10-20(19)23)9-3-8-14-25(28)22-17-27-24-13-7-5-11-21(22)24/h4-7,10-13,15-18,27H,2-3,8-9,14H2,1H3. The van der Waals surface area contributed by atoms with Crippen LogP contribution in [-0.4, -0.2) is 15.8 Å². The summed E-state index contributed by atoms with van der Waals surface area (Å²) >= 11 is 0. The monoisotopic (exact) mass is 370 g/mol. The molecule has 0 radical (unpaired) electrons. The zero-order valence-corrected chi connectivity index (χ0v) is 16.3. The number of ketones is 1. The van der Waals surface area contributed by atoms with Gasteiger partial charge in [-0.2, -0.15) is 0 Å². The number of aromatic amines is 1. The lowest BCUT2D eigenvalue weighted by Crippen LogP contribution is -2.01. The second kappa shape index (κ2) is 8.39. The number of nitrogens with one attached hydrogen (secondary N) is 1. The first-order chi connectivity index (χ1) is 13.8. The summed E-state index contributed by atoms with van der Waals surface area (Å²) < 4.78 is 0. The summed E-state index contributed by atoms with van der Waals surface area (Å²) in [4.78, 5) is 20.3. The quantitative estimate of drug-likeness (QED) is 0.279. The number of fused-ring (bicyclic) bond motifs is 2. The fourth-order valence-electron chi connectivity index (χ4n) is 4.17. The van der Waals surface area contributed by atoms with E-state index < -0.39 is 0 Å². The molecule has 3 heteroatoms. The van der Waals surface area contributed by atoms with Crippen LogP contribution in [0.1, 0.15) is 60.9 Å². The molecule has 2 aromatic carbocycles. The number of hydrogen-bond acceptors (Lipinski definition) is 2. The van der Waals surface area contributed by atoms with Crippen molar-refractivity contribution in [3.05, 3.63) is 78.1 Å². The number of pyridine rings is 1. The summed E-state index contributed by atoms with van der Waals surface area (Å²) in [6, 6.07) is 18.5. The topological polar surface area (TPSA) is 45.8 Å². The van der Waals surface area contributed by atoms with Gasteiger partial charge < -0.3 is 4.98 Å². The van der Waals surface area contributed by atoms with Gasteiger partial charge in [-0.25, -0.2) is 0 Å². The van der Waals surface area contributed by atoms with Gasteiger partial charge in [0.2, 0.25) is 0 Å². The maximum absolute atomic E-state index is 12.7. The van der Waals surface area contributed by atoms with E-state index in [1.807, 2.05) is 42.7 Å². The fourth-order valence-corrected chi connectivity index (χ4v) is 4.17. The van der Waals surface area contributed by atoms with E-state index in [9.17, 15) is 4.79 Å². The van der Waals surface area contributed by atoms with Gasteiger partial charge in [0.1, 0.15) is 0 Å². The Hall–Kier alpha value is -2.94. The SMILES string of the molecule is CCC(CCCCC(=O)c1c[nH]c2ccccc12)c1ccnc2ccccc12. The Bertz CT molecular complexity index is 1090. The number of unbranched alkanes of at least 4 members (excludes halogenated alkanes) is 1. The number of H-pyrrole nitrogens is 1. The Labute approximate surface area is 165 Å². The molecule has 0 fully saturated rings. The minimum Gasteiger partial charge on any atom is -0.360 e. The molecule has 0 spiro atoms. The van der Waals surface area contributed by atoms with E-state index in [-0.39, 0.29) is 5.78 Å². The lowest BCUT2D eigenvalue weighted by molar-refractivity contribution is 0.0980. The molecule has 0 amide bonds. The van der Waals surface area contributed by atoms with E-state index in [4.69, 9.17) is 0 Å². The van der Waals surface area contributed by atoms with Crippen LogP contribution in [-0.2, 0) is 0 Å². The molecule has 1 N–H and O–H groups in total. The Morgan fingerprint density at radius 1 is 1.00 bits per heavy atom. The first kappa shape index (κ1) is 18.4. The molecule has 2 aromatic heterocycles. The summed E-state index contributed by atoms with van der Waals surface area (Å²) in [7, 11) is 0. The third-order valence-electron chi connectivity index (χ3n) is 5.71. The maximum Gasteiger partial charge on any atom is 0.165 e. The number of rotatable bonds is 8. The van der Waals surface area contributed by atoms with E-state index in [0.717, 1.165) is 47.7 Å². The van der Waals surface area contributed by atoms with Crippen molar-refractivity contribution in [1.29, 1.82) is 0 Å².